The molecule has 0 radical (unpaired) electrons. The Morgan fingerprint density at radius 1 is 1.14 bits per heavy atom. The number of carboxylic acids is 1. The number of hydrogen-bond donors (Lipinski definition) is 1. The zero-order chi connectivity index (χ0) is 19.2. The van der Waals surface area contributed by atoms with Gasteiger partial charge in [-0.3, -0.25) is 4.79 Å². The fourth-order valence-corrected chi connectivity index (χ4v) is 4.40. The van der Waals surface area contributed by atoms with E-state index in [-0.39, 0.29) is 18.8 Å². The van der Waals surface area contributed by atoms with Crippen LogP contribution < -0.4 is 4.90 Å². The fraction of sp³-hybridized carbons (Fsp3) is 0.333. The van der Waals surface area contributed by atoms with E-state index in [2.05, 4.69) is 59.8 Å². The number of thiazole rings is 1. The quantitative estimate of drug-likeness (QED) is 0.451. The Kier molecular flexibility index (Phi) is 8.48. The third-order valence-corrected chi connectivity index (χ3v) is 6.28. The number of benzene rings is 1. The largest absolute Gasteiger partial charge is 0.481 e. The molecule has 28 heavy (non-hydrogen) atoms. The smallest absolute Gasteiger partial charge is 0.305 e. The van der Waals surface area contributed by atoms with E-state index in [1.807, 2.05) is 6.07 Å². The number of carbonyl (C=O) groups is 1. The molecule has 0 fully saturated rings. The fourth-order valence-electron chi connectivity index (χ4n) is 2.81. The van der Waals surface area contributed by atoms with Crippen molar-refractivity contribution in [2.45, 2.75) is 32.6 Å². The summed E-state index contributed by atoms with van der Waals surface area (Å²) in [6.07, 6.45) is 1.01. The Labute approximate surface area is 180 Å². The number of nitrogens with zero attached hydrogens (tertiary/aromatic N) is 2. The van der Waals surface area contributed by atoms with E-state index in [0.717, 1.165) is 29.4 Å². The summed E-state index contributed by atoms with van der Waals surface area (Å²) in [5, 5.41) is 14.1. The predicted octanol–water partition coefficient (Wildman–Crippen LogP) is 5.94. The van der Waals surface area contributed by atoms with Crippen molar-refractivity contribution in [2.75, 3.05) is 18.0 Å². The van der Waals surface area contributed by atoms with Crippen molar-refractivity contribution in [1.29, 1.82) is 0 Å². The van der Waals surface area contributed by atoms with Gasteiger partial charge in [-0.05, 0) is 29.3 Å². The molecule has 150 valence electrons. The zero-order valence-electron chi connectivity index (χ0n) is 16.0. The average molecular weight is 437 g/mol. The first-order valence-corrected chi connectivity index (χ1v) is 10.8. The van der Waals surface area contributed by atoms with E-state index in [1.54, 1.807) is 22.7 Å². The van der Waals surface area contributed by atoms with E-state index in [4.69, 9.17) is 10.1 Å². The molecule has 0 saturated heterocycles. The molecule has 0 atom stereocenters. The highest BCUT2D eigenvalue weighted by Gasteiger charge is 2.14. The van der Waals surface area contributed by atoms with Crippen molar-refractivity contribution < 1.29 is 9.90 Å². The summed E-state index contributed by atoms with van der Waals surface area (Å²) in [6, 6.07) is 12.7. The summed E-state index contributed by atoms with van der Waals surface area (Å²) in [7, 11) is 0. The molecule has 0 aliphatic carbocycles. The minimum Gasteiger partial charge on any atom is -0.481 e. The summed E-state index contributed by atoms with van der Waals surface area (Å²) >= 11 is 3.31. The highest BCUT2D eigenvalue weighted by atomic mass is 35.5. The van der Waals surface area contributed by atoms with Gasteiger partial charge >= 0.3 is 5.97 Å². The van der Waals surface area contributed by atoms with Gasteiger partial charge < -0.3 is 10.0 Å². The monoisotopic (exact) mass is 436 g/mol. The maximum atomic E-state index is 11.0. The Morgan fingerprint density at radius 2 is 1.89 bits per heavy atom. The second-order valence-corrected chi connectivity index (χ2v) is 8.62. The van der Waals surface area contributed by atoms with Crippen molar-refractivity contribution in [2.24, 2.45) is 0 Å². The number of anilines is 1. The summed E-state index contributed by atoms with van der Waals surface area (Å²) < 4.78 is 0. The molecule has 0 aliphatic heterocycles. The van der Waals surface area contributed by atoms with Crippen LogP contribution in [0.5, 0.6) is 0 Å². The first-order valence-electron chi connectivity index (χ1n) is 9.08. The van der Waals surface area contributed by atoms with Crippen molar-refractivity contribution in [3.8, 4) is 11.3 Å². The third kappa shape index (κ3) is 6.06. The summed E-state index contributed by atoms with van der Waals surface area (Å²) in [5.41, 5.74) is 3.35. The SMILES string of the molecule is CC(C)c1ccc(-c2csc(N(CCC(=O)O)CCc3cccs3)n2)cc1.Cl. The molecule has 7 heteroatoms. The molecular weight excluding hydrogens is 412 g/mol. The molecule has 1 aromatic carbocycles. The number of hydrogen-bond acceptors (Lipinski definition) is 5. The van der Waals surface area contributed by atoms with Crippen LogP contribution in [0.25, 0.3) is 11.3 Å². The summed E-state index contributed by atoms with van der Waals surface area (Å²) in [5.74, 6) is -0.272. The van der Waals surface area contributed by atoms with Crippen molar-refractivity contribution in [3.63, 3.8) is 0 Å². The topological polar surface area (TPSA) is 53.4 Å². The van der Waals surface area contributed by atoms with Crippen LogP contribution in [0.4, 0.5) is 5.13 Å². The highest BCUT2D eigenvalue weighted by Crippen LogP contribution is 2.29. The Balaban J connectivity index is 0.00000280. The molecule has 0 spiro atoms. The van der Waals surface area contributed by atoms with Gasteiger partial charge in [-0.2, -0.15) is 0 Å². The Bertz CT molecular complexity index is 861. The van der Waals surface area contributed by atoms with Crippen LogP contribution in [0.2, 0.25) is 0 Å². The molecule has 3 aromatic rings. The molecule has 1 N–H and O–H groups in total. The van der Waals surface area contributed by atoms with E-state index in [1.165, 1.54) is 10.4 Å². The molecule has 2 heterocycles. The van der Waals surface area contributed by atoms with Gasteiger partial charge in [-0.15, -0.1) is 35.1 Å². The number of halogens is 1. The van der Waals surface area contributed by atoms with Crippen LogP contribution in [0.1, 0.15) is 36.6 Å². The lowest BCUT2D eigenvalue weighted by Gasteiger charge is -2.20. The second kappa shape index (κ2) is 10.6. The van der Waals surface area contributed by atoms with Gasteiger partial charge in [0.2, 0.25) is 0 Å². The number of aliphatic carboxylic acids is 1. The standard InChI is InChI=1S/C21H24N2O2S2.ClH/c1-15(2)16-5-7-17(8-6-16)19-14-27-21(22-19)23(12-10-20(24)25)11-9-18-4-3-13-26-18;/h3-8,13-15H,9-12H2,1-2H3,(H,24,25);1H. The second-order valence-electron chi connectivity index (χ2n) is 6.75. The van der Waals surface area contributed by atoms with Crippen LogP contribution in [0.15, 0.2) is 47.2 Å². The zero-order valence-corrected chi connectivity index (χ0v) is 18.4. The molecule has 2 aromatic heterocycles. The lowest BCUT2D eigenvalue weighted by molar-refractivity contribution is -0.136. The lowest BCUT2D eigenvalue weighted by atomic mass is 10.0. The number of rotatable bonds is 9. The molecule has 4 nitrogen and oxygen atoms in total. The van der Waals surface area contributed by atoms with Gasteiger partial charge in [0.05, 0.1) is 12.1 Å². The number of carboxylic acid groups (broad SMARTS) is 1. The molecule has 0 unspecified atom stereocenters. The van der Waals surface area contributed by atoms with Crippen molar-refractivity contribution >= 4 is 46.2 Å². The predicted molar refractivity (Wildman–Crippen MR) is 121 cm³/mol. The van der Waals surface area contributed by atoms with E-state index < -0.39 is 5.97 Å². The van der Waals surface area contributed by atoms with Crippen molar-refractivity contribution in [3.05, 3.63) is 57.6 Å². The average Bonchev–Trinajstić information content (AvgIpc) is 3.33. The van der Waals surface area contributed by atoms with Crippen LogP contribution in [-0.4, -0.2) is 29.1 Å². The van der Waals surface area contributed by atoms with Gasteiger partial charge in [-0.1, -0.05) is 44.2 Å². The highest BCUT2D eigenvalue weighted by molar-refractivity contribution is 7.14. The first-order chi connectivity index (χ1) is 13.0. The number of aromatic nitrogens is 1. The molecular formula is C21H25ClN2O2S2. The number of thiophene rings is 1. The van der Waals surface area contributed by atoms with Crippen LogP contribution in [-0.2, 0) is 11.2 Å². The molecule has 0 aliphatic rings. The van der Waals surface area contributed by atoms with Crippen LogP contribution in [0, 0.1) is 0 Å². The summed E-state index contributed by atoms with van der Waals surface area (Å²) in [6.45, 7) is 5.61. The van der Waals surface area contributed by atoms with Gasteiger partial charge in [0.25, 0.3) is 0 Å². The first kappa shape index (κ1) is 22.4. The van der Waals surface area contributed by atoms with Gasteiger partial charge in [0.15, 0.2) is 5.13 Å². The normalized spacial score (nSPS) is 10.7. The Hall–Kier alpha value is -1.89. The molecule has 0 bridgehead atoms. The molecule has 0 amide bonds. The summed E-state index contributed by atoms with van der Waals surface area (Å²) in [4.78, 5) is 19.2. The van der Waals surface area contributed by atoms with Crippen LogP contribution in [0.3, 0.4) is 0 Å². The maximum Gasteiger partial charge on any atom is 0.305 e. The van der Waals surface area contributed by atoms with Gasteiger partial charge in [-0.25, -0.2) is 4.98 Å². The minimum atomic E-state index is -0.780. The molecule has 3 rings (SSSR count). The maximum absolute atomic E-state index is 11.0. The third-order valence-electron chi connectivity index (χ3n) is 4.44. The Morgan fingerprint density at radius 3 is 2.50 bits per heavy atom. The molecule has 0 saturated carbocycles. The van der Waals surface area contributed by atoms with Gasteiger partial charge in [0, 0.05) is 28.9 Å². The lowest BCUT2D eigenvalue weighted by Crippen LogP contribution is -2.28. The van der Waals surface area contributed by atoms with E-state index in [9.17, 15) is 4.79 Å². The minimum absolute atomic E-state index is 0. The van der Waals surface area contributed by atoms with E-state index in [0.29, 0.717) is 12.5 Å². The van der Waals surface area contributed by atoms with Gasteiger partial charge in [0.1, 0.15) is 0 Å². The van der Waals surface area contributed by atoms with Crippen molar-refractivity contribution in [1.82, 2.24) is 4.98 Å². The van der Waals surface area contributed by atoms with Crippen LogP contribution >= 0.6 is 35.1 Å². The van der Waals surface area contributed by atoms with E-state index >= 15 is 0 Å².